The zero-order valence-electron chi connectivity index (χ0n) is 16.4. The highest BCUT2D eigenvalue weighted by molar-refractivity contribution is 7.17. The van der Waals surface area contributed by atoms with Crippen LogP contribution >= 0.6 is 34.5 Å². The first kappa shape index (κ1) is 20.6. The highest BCUT2D eigenvalue weighted by atomic mass is 35.5. The van der Waals surface area contributed by atoms with Crippen molar-refractivity contribution < 1.29 is 0 Å². The van der Waals surface area contributed by atoms with Crippen molar-refractivity contribution in [3.63, 3.8) is 0 Å². The van der Waals surface area contributed by atoms with Gasteiger partial charge >= 0.3 is 0 Å². The Balaban J connectivity index is 1.65. The molecule has 0 fully saturated rings. The van der Waals surface area contributed by atoms with Gasteiger partial charge in [-0.05, 0) is 48.0 Å². The minimum Gasteiger partial charge on any atom is -0.268 e. The van der Waals surface area contributed by atoms with Crippen LogP contribution in [0.1, 0.15) is 11.4 Å². The molecule has 0 atom stereocenters. The predicted octanol–water partition coefficient (Wildman–Crippen LogP) is 6.38. The van der Waals surface area contributed by atoms with Gasteiger partial charge in [0.15, 0.2) is 0 Å². The SMILES string of the molecule is O=c1c2ccccc2nc(/C=C/c2ccc(Cl)cc2)n1-c1nnc(-c2ccc(Cl)cc2)s1. The second-order valence-electron chi connectivity index (χ2n) is 6.91. The fraction of sp³-hybridized carbons (Fsp3) is 0. The molecule has 0 aliphatic carbocycles. The summed E-state index contributed by atoms with van der Waals surface area (Å²) in [6.07, 6.45) is 3.67. The molecule has 0 amide bonds. The molecule has 5 aromatic rings. The van der Waals surface area contributed by atoms with Crippen molar-refractivity contribution in [1.29, 1.82) is 0 Å². The van der Waals surface area contributed by atoms with Gasteiger partial charge in [0.2, 0.25) is 5.13 Å². The molecule has 0 N–H and O–H groups in total. The maximum Gasteiger partial charge on any atom is 0.268 e. The highest BCUT2D eigenvalue weighted by Crippen LogP contribution is 2.27. The molecule has 0 radical (unpaired) electrons. The molecular formula is C24H14Cl2N4OS. The summed E-state index contributed by atoms with van der Waals surface area (Å²) in [4.78, 5) is 18.1. The van der Waals surface area contributed by atoms with Gasteiger partial charge in [-0.1, -0.05) is 77.0 Å². The first-order valence-corrected chi connectivity index (χ1v) is 11.2. The lowest BCUT2D eigenvalue weighted by molar-refractivity contribution is 0.899. The van der Waals surface area contributed by atoms with Crippen molar-refractivity contribution in [2.24, 2.45) is 0 Å². The lowest BCUT2D eigenvalue weighted by Gasteiger charge is -2.07. The van der Waals surface area contributed by atoms with Crippen LogP contribution in [0.2, 0.25) is 10.0 Å². The molecule has 2 aromatic heterocycles. The van der Waals surface area contributed by atoms with E-state index in [2.05, 4.69) is 10.2 Å². The van der Waals surface area contributed by atoms with E-state index in [1.165, 1.54) is 15.9 Å². The number of nitrogens with zero attached hydrogens (tertiary/aromatic N) is 4. The Labute approximate surface area is 197 Å². The van der Waals surface area contributed by atoms with Gasteiger partial charge in [0, 0.05) is 15.6 Å². The van der Waals surface area contributed by atoms with E-state index in [4.69, 9.17) is 28.2 Å². The average molecular weight is 477 g/mol. The van der Waals surface area contributed by atoms with Crippen LogP contribution in [0.15, 0.2) is 77.6 Å². The van der Waals surface area contributed by atoms with E-state index >= 15 is 0 Å². The van der Waals surface area contributed by atoms with Crippen molar-refractivity contribution >= 4 is 57.6 Å². The van der Waals surface area contributed by atoms with Crippen LogP contribution in [0.25, 0.3) is 38.8 Å². The fourth-order valence-electron chi connectivity index (χ4n) is 3.21. The molecule has 2 heterocycles. The van der Waals surface area contributed by atoms with Gasteiger partial charge in [-0.25, -0.2) is 9.55 Å². The minimum atomic E-state index is -0.204. The normalized spacial score (nSPS) is 11.4. The molecule has 5 nitrogen and oxygen atoms in total. The van der Waals surface area contributed by atoms with E-state index in [-0.39, 0.29) is 5.56 Å². The Morgan fingerprint density at radius 3 is 2.25 bits per heavy atom. The maximum atomic E-state index is 13.4. The zero-order chi connectivity index (χ0) is 22.1. The highest BCUT2D eigenvalue weighted by Gasteiger charge is 2.16. The number of fused-ring (bicyclic) bond motifs is 1. The molecule has 0 saturated heterocycles. The lowest BCUT2D eigenvalue weighted by Crippen LogP contribution is -2.22. The minimum absolute atomic E-state index is 0.204. The predicted molar refractivity (Wildman–Crippen MR) is 132 cm³/mol. The number of para-hydroxylation sites is 1. The Morgan fingerprint density at radius 2 is 1.50 bits per heavy atom. The molecule has 156 valence electrons. The van der Waals surface area contributed by atoms with Crippen LogP contribution in [-0.4, -0.2) is 19.7 Å². The van der Waals surface area contributed by atoms with Gasteiger partial charge in [-0.15, -0.1) is 10.2 Å². The standard InChI is InChI=1S/C24H14Cl2N4OS/c25-17-10-5-15(6-11-17)7-14-21-27-20-4-2-1-3-19(20)23(31)30(21)24-29-28-22(32-24)16-8-12-18(26)13-9-16/h1-14H/b14-7+. The Kier molecular flexibility index (Phi) is 5.57. The summed E-state index contributed by atoms with van der Waals surface area (Å²) in [6.45, 7) is 0. The Morgan fingerprint density at radius 1 is 0.812 bits per heavy atom. The Bertz CT molecular complexity index is 1510. The number of hydrogen-bond donors (Lipinski definition) is 0. The number of halogens is 2. The summed E-state index contributed by atoms with van der Waals surface area (Å²) < 4.78 is 1.49. The quantitative estimate of drug-likeness (QED) is 0.301. The maximum absolute atomic E-state index is 13.4. The van der Waals surface area contributed by atoms with E-state index in [0.717, 1.165) is 11.1 Å². The topological polar surface area (TPSA) is 60.7 Å². The van der Waals surface area contributed by atoms with Crippen molar-refractivity contribution in [2.75, 3.05) is 0 Å². The molecule has 0 saturated carbocycles. The van der Waals surface area contributed by atoms with Gasteiger partial charge < -0.3 is 0 Å². The van der Waals surface area contributed by atoms with E-state index in [0.29, 0.717) is 36.9 Å². The zero-order valence-corrected chi connectivity index (χ0v) is 18.8. The van der Waals surface area contributed by atoms with Gasteiger partial charge in [-0.2, -0.15) is 0 Å². The largest absolute Gasteiger partial charge is 0.268 e. The number of aromatic nitrogens is 4. The summed E-state index contributed by atoms with van der Waals surface area (Å²) >= 11 is 13.3. The molecule has 0 bridgehead atoms. The van der Waals surface area contributed by atoms with Crippen LogP contribution in [0, 0.1) is 0 Å². The van der Waals surface area contributed by atoms with Gasteiger partial charge in [0.25, 0.3) is 5.56 Å². The summed E-state index contributed by atoms with van der Waals surface area (Å²) in [5.74, 6) is 0.461. The van der Waals surface area contributed by atoms with Crippen molar-refractivity contribution in [1.82, 2.24) is 19.7 Å². The van der Waals surface area contributed by atoms with Crippen LogP contribution in [0.4, 0.5) is 0 Å². The molecule has 5 rings (SSSR count). The smallest absolute Gasteiger partial charge is 0.268 e. The van der Waals surface area contributed by atoms with Crippen LogP contribution in [0.3, 0.4) is 0 Å². The van der Waals surface area contributed by atoms with E-state index in [9.17, 15) is 4.79 Å². The number of rotatable bonds is 4. The third-order valence-corrected chi connectivity index (χ3v) is 6.25. The molecule has 8 heteroatoms. The molecule has 0 aliphatic heterocycles. The van der Waals surface area contributed by atoms with Crippen molar-refractivity contribution in [3.8, 4) is 15.7 Å². The van der Waals surface area contributed by atoms with Crippen molar-refractivity contribution in [3.05, 3.63) is 105 Å². The molecular weight excluding hydrogens is 463 g/mol. The molecule has 3 aromatic carbocycles. The second kappa shape index (κ2) is 8.67. The molecule has 32 heavy (non-hydrogen) atoms. The lowest BCUT2D eigenvalue weighted by atomic mass is 10.2. The number of hydrogen-bond acceptors (Lipinski definition) is 5. The van der Waals surface area contributed by atoms with Crippen LogP contribution < -0.4 is 5.56 Å². The summed E-state index contributed by atoms with van der Waals surface area (Å²) in [5.41, 5.74) is 2.22. The average Bonchev–Trinajstić information content (AvgIpc) is 3.29. The van der Waals surface area contributed by atoms with E-state index in [1.54, 1.807) is 24.3 Å². The third kappa shape index (κ3) is 4.08. The van der Waals surface area contributed by atoms with Crippen molar-refractivity contribution in [2.45, 2.75) is 0 Å². The summed E-state index contributed by atoms with van der Waals surface area (Å²) in [7, 11) is 0. The summed E-state index contributed by atoms with van der Waals surface area (Å²) in [5, 5.41) is 11.5. The van der Waals surface area contributed by atoms with Crippen LogP contribution in [0.5, 0.6) is 0 Å². The molecule has 0 unspecified atom stereocenters. The van der Waals surface area contributed by atoms with Gasteiger partial charge in [-0.3, -0.25) is 4.79 Å². The van der Waals surface area contributed by atoms with Crippen LogP contribution in [-0.2, 0) is 0 Å². The monoisotopic (exact) mass is 476 g/mol. The van der Waals surface area contributed by atoms with Gasteiger partial charge in [0.1, 0.15) is 10.8 Å². The molecule has 0 aliphatic rings. The van der Waals surface area contributed by atoms with E-state index < -0.39 is 0 Å². The molecule has 0 spiro atoms. The number of benzene rings is 3. The van der Waals surface area contributed by atoms with Gasteiger partial charge in [0.05, 0.1) is 10.9 Å². The summed E-state index contributed by atoms with van der Waals surface area (Å²) in [6, 6.07) is 22.0. The second-order valence-corrected chi connectivity index (χ2v) is 8.74. The fourth-order valence-corrected chi connectivity index (χ4v) is 4.32. The first-order chi connectivity index (χ1) is 15.6. The van der Waals surface area contributed by atoms with E-state index in [1.807, 2.05) is 60.7 Å². The Hall–Kier alpha value is -3.32. The first-order valence-electron chi connectivity index (χ1n) is 9.64. The third-order valence-electron chi connectivity index (χ3n) is 4.79.